The predicted molar refractivity (Wildman–Crippen MR) is 48.8 cm³/mol. The number of hydrogen-bond acceptors (Lipinski definition) is 1. The molecule has 1 aliphatic heterocycles. The molecule has 0 unspecified atom stereocenters. The van der Waals surface area contributed by atoms with Crippen LogP contribution in [0.5, 0.6) is 0 Å². The first-order valence-corrected chi connectivity index (χ1v) is 3.58. The molecule has 0 aromatic rings. The highest BCUT2D eigenvalue weighted by Gasteiger charge is 1.67. The maximum atomic E-state index is 2.92. The first kappa shape index (κ1) is 7.61. The van der Waals surface area contributed by atoms with Crippen LogP contribution in [-0.4, -0.2) is 0 Å². The molecular formula is C10H11N. The molecule has 0 fully saturated rings. The maximum Gasteiger partial charge on any atom is 0.000442 e. The van der Waals surface area contributed by atoms with Crippen molar-refractivity contribution in [3.63, 3.8) is 0 Å². The van der Waals surface area contributed by atoms with Crippen molar-refractivity contribution in [1.82, 2.24) is 5.32 Å². The van der Waals surface area contributed by atoms with E-state index in [1.807, 2.05) is 61.0 Å². The Labute approximate surface area is 67.1 Å². The Hall–Kier alpha value is -1.50. The fourth-order valence-corrected chi connectivity index (χ4v) is 0.517. The molecule has 0 bridgehead atoms. The second kappa shape index (κ2) is 5.30. The van der Waals surface area contributed by atoms with Crippen LogP contribution >= 0.6 is 0 Å². The zero-order valence-electron chi connectivity index (χ0n) is 6.27. The van der Waals surface area contributed by atoms with E-state index < -0.39 is 0 Å². The molecular weight excluding hydrogens is 134 g/mol. The van der Waals surface area contributed by atoms with Gasteiger partial charge in [0.25, 0.3) is 0 Å². The van der Waals surface area contributed by atoms with Crippen LogP contribution in [0.4, 0.5) is 0 Å². The summed E-state index contributed by atoms with van der Waals surface area (Å²) in [5.41, 5.74) is 0. The zero-order chi connectivity index (χ0) is 7.78. The van der Waals surface area contributed by atoms with E-state index in [9.17, 15) is 0 Å². The topological polar surface area (TPSA) is 12.0 Å². The Bertz CT molecular complexity index is 197. The van der Waals surface area contributed by atoms with Crippen molar-refractivity contribution in [2.24, 2.45) is 0 Å². The second-order valence-corrected chi connectivity index (χ2v) is 2.04. The number of allylic oxidation sites excluding steroid dienone is 8. The maximum absolute atomic E-state index is 2.92. The summed E-state index contributed by atoms with van der Waals surface area (Å²) in [5.74, 6) is 0. The predicted octanol–water partition coefficient (Wildman–Crippen LogP) is 2.29. The third-order valence-electron chi connectivity index (χ3n) is 1.16. The van der Waals surface area contributed by atoms with Gasteiger partial charge in [-0.3, -0.25) is 0 Å². The van der Waals surface area contributed by atoms with Gasteiger partial charge in [0.15, 0.2) is 0 Å². The Morgan fingerprint density at radius 1 is 0.455 bits per heavy atom. The molecule has 1 aliphatic carbocycles. The Morgan fingerprint density at radius 3 is 1.18 bits per heavy atom. The smallest absolute Gasteiger partial charge is 0.000442 e. The van der Waals surface area contributed by atoms with E-state index in [-0.39, 0.29) is 0 Å². The van der Waals surface area contributed by atoms with E-state index in [4.69, 9.17) is 0 Å². The molecule has 11 heavy (non-hydrogen) atoms. The van der Waals surface area contributed by atoms with Crippen LogP contribution in [0.15, 0.2) is 61.0 Å². The van der Waals surface area contributed by atoms with Gasteiger partial charge in [-0.05, 0) is 12.2 Å². The van der Waals surface area contributed by atoms with E-state index >= 15 is 0 Å². The van der Waals surface area contributed by atoms with Gasteiger partial charge < -0.3 is 5.32 Å². The van der Waals surface area contributed by atoms with Crippen molar-refractivity contribution in [1.29, 1.82) is 0 Å². The largest absolute Gasteiger partial charge is 0.368 e. The van der Waals surface area contributed by atoms with Crippen LogP contribution < -0.4 is 5.32 Å². The summed E-state index contributed by atoms with van der Waals surface area (Å²) >= 11 is 0. The Kier molecular flexibility index (Phi) is 3.66. The molecule has 0 atom stereocenters. The van der Waals surface area contributed by atoms with E-state index in [0.29, 0.717) is 0 Å². The average molecular weight is 145 g/mol. The summed E-state index contributed by atoms with van der Waals surface area (Å²) in [6.07, 6.45) is 19.6. The molecule has 2 aliphatic rings. The first-order valence-electron chi connectivity index (χ1n) is 3.58. The monoisotopic (exact) mass is 145 g/mol. The van der Waals surface area contributed by atoms with E-state index in [1.165, 1.54) is 0 Å². The van der Waals surface area contributed by atoms with Gasteiger partial charge in [-0.2, -0.15) is 0 Å². The SMILES string of the molecule is C1=CC=C1.C1=CC=CNC=C1. The minimum atomic E-state index is 1.88. The Morgan fingerprint density at radius 2 is 0.818 bits per heavy atom. The van der Waals surface area contributed by atoms with Gasteiger partial charge in [-0.1, -0.05) is 36.5 Å². The average Bonchev–Trinajstić information content (AvgIpc) is 2.10. The summed E-state index contributed by atoms with van der Waals surface area (Å²) in [5, 5.41) is 2.92. The molecule has 2 rings (SSSR count). The van der Waals surface area contributed by atoms with Crippen LogP contribution in [0.25, 0.3) is 0 Å². The van der Waals surface area contributed by atoms with Crippen molar-refractivity contribution in [2.45, 2.75) is 0 Å². The van der Waals surface area contributed by atoms with Crippen molar-refractivity contribution in [3.8, 4) is 0 Å². The van der Waals surface area contributed by atoms with Crippen molar-refractivity contribution in [3.05, 3.63) is 61.0 Å². The first-order chi connectivity index (χ1) is 5.50. The number of hydrogen-bond donors (Lipinski definition) is 1. The normalized spacial score (nSPS) is 16.0. The van der Waals surface area contributed by atoms with Gasteiger partial charge in [0, 0.05) is 12.4 Å². The van der Waals surface area contributed by atoms with Gasteiger partial charge in [-0.25, -0.2) is 0 Å². The van der Waals surface area contributed by atoms with Crippen molar-refractivity contribution < 1.29 is 0 Å². The molecule has 0 saturated heterocycles. The van der Waals surface area contributed by atoms with Gasteiger partial charge in [-0.15, -0.1) is 0 Å². The molecule has 0 amide bonds. The lowest BCUT2D eigenvalue weighted by Crippen LogP contribution is -1.87. The van der Waals surface area contributed by atoms with Crippen molar-refractivity contribution >= 4 is 0 Å². The molecule has 0 spiro atoms. The van der Waals surface area contributed by atoms with Crippen LogP contribution in [0.2, 0.25) is 0 Å². The third kappa shape index (κ3) is 3.98. The van der Waals surface area contributed by atoms with Crippen LogP contribution in [0.3, 0.4) is 0 Å². The minimum absolute atomic E-state index is 1.88. The second-order valence-electron chi connectivity index (χ2n) is 2.04. The molecule has 0 aromatic carbocycles. The third-order valence-corrected chi connectivity index (χ3v) is 1.16. The zero-order valence-corrected chi connectivity index (χ0v) is 6.27. The fourth-order valence-electron chi connectivity index (χ4n) is 0.517. The minimum Gasteiger partial charge on any atom is -0.368 e. The molecule has 0 aromatic heterocycles. The van der Waals surface area contributed by atoms with E-state index in [2.05, 4.69) is 5.32 Å². The molecule has 1 nitrogen and oxygen atoms in total. The molecule has 1 heteroatoms. The molecule has 56 valence electrons. The lowest BCUT2D eigenvalue weighted by Gasteiger charge is -1.79. The summed E-state index contributed by atoms with van der Waals surface area (Å²) in [6, 6.07) is 0. The van der Waals surface area contributed by atoms with Crippen LogP contribution in [-0.2, 0) is 0 Å². The highest BCUT2D eigenvalue weighted by Crippen LogP contribution is 1.86. The summed E-state index contributed by atoms with van der Waals surface area (Å²) < 4.78 is 0. The fraction of sp³-hybridized carbons (Fsp3) is 0. The van der Waals surface area contributed by atoms with Gasteiger partial charge in [0.2, 0.25) is 0 Å². The number of nitrogens with one attached hydrogen (secondary N) is 1. The summed E-state index contributed by atoms with van der Waals surface area (Å²) in [6.45, 7) is 0. The van der Waals surface area contributed by atoms with E-state index in [0.717, 1.165) is 0 Å². The van der Waals surface area contributed by atoms with Gasteiger partial charge >= 0.3 is 0 Å². The Balaban J connectivity index is 0.000000128. The highest BCUT2D eigenvalue weighted by molar-refractivity contribution is 5.22. The lowest BCUT2D eigenvalue weighted by atomic mass is 10.3. The van der Waals surface area contributed by atoms with Gasteiger partial charge in [0.1, 0.15) is 0 Å². The molecule has 1 heterocycles. The van der Waals surface area contributed by atoms with Crippen LogP contribution in [0.1, 0.15) is 0 Å². The van der Waals surface area contributed by atoms with Crippen LogP contribution in [0, 0.1) is 0 Å². The summed E-state index contributed by atoms with van der Waals surface area (Å²) in [7, 11) is 0. The van der Waals surface area contributed by atoms with Crippen molar-refractivity contribution in [2.75, 3.05) is 0 Å². The van der Waals surface area contributed by atoms with Gasteiger partial charge in [0.05, 0.1) is 0 Å². The summed E-state index contributed by atoms with van der Waals surface area (Å²) in [4.78, 5) is 0. The molecule has 0 radical (unpaired) electrons. The molecule has 1 N–H and O–H groups in total. The standard InChI is InChI=1S/C6H7N.C4H4/c1-2-4-6-7-5-3-1;1-2-4-3-1/h1-7H;1-4H. The lowest BCUT2D eigenvalue weighted by molar-refractivity contribution is 1.20. The molecule has 0 saturated carbocycles. The highest BCUT2D eigenvalue weighted by atomic mass is 14.8. The number of rotatable bonds is 0. The van der Waals surface area contributed by atoms with E-state index in [1.54, 1.807) is 0 Å². The quantitative estimate of drug-likeness (QED) is 0.551.